The standard InChI is InChI=1S/C15H24ClNO2/c1-4-7-17-11-12-9-13(16)15(19-8-5-2)14(10-12)18-6-3/h9-10,17H,4-8,11H2,1-3H3. The fraction of sp³-hybridized carbons (Fsp3) is 0.600. The van der Waals surface area contributed by atoms with E-state index in [1.807, 2.05) is 19.1 Å². The molecular formula is C15H24ClNO2. The van der Waals surface area contributed by atoms with Crippen LogP contribution in [0.25, 0.3) is 0 Å². The summed E-state index contributed by atoms with van der Waals surface area (Å²) in [7, 11) is 0. The smallest absolute Gasteiger partial charge is 0.179 e. The Morgan fingerprint density at radius 3 is 2.53 bits per heavy atom. The van der Waals surface area contributed by atoms with Gasteiger partial charge in [-0.1, -0.05) is 25.4 Å². The molecule has 1 N–H and O–H groups in total. The van der Waals surface area contributed by atoms with Gasteiger partial charge in [-0.05, 0) is 44.0 Å². The lowest BCUT2D eigenvalue weighted by atomic mass is 10.2. The molecule has 0 unspecified atom stereocenters. The van der Waals surface area contributed by atoms with Crippen molar-refractivity contribution in [1.29, 1.82) is 0 Å². The molecule has 1 aromatic carbocycles. The zero-order valence-electron chi connectivity index (χ0n) is 12.1. The summed E-state index contributed by atoms with van der Waals surface area (Å²) in [5, 5.41) is 3.97. The van der Waals surface area contributed by atoms with Gasteiger partial charge in [0.25, 0.3) is 0 Å². The topological polar surface area (TPSA) is 30.5 Å². The van der Waals surface area contributed by atoms with Crippen LogP contribution in [-0.4, -0.2) is 19.8 Å². The Labute approximate surface area is 121 Å². The van der Waals surface area contributed by atoms with Gasteiger partial charge in [-0.3, -0.25) is 0 Å². The van der Waals surface area contributed by atoms with Crippen molar-refractivity contribution in [3.8, 4) is 11.5 Å². The quantitative estimate of drug-likeness (QED) is 0.695. The lowest BCUT2D eigenvalue weighted by molar-refractivity contribution is 0.277. The summed E-state index contributed by atoms with van der Waals surface area (Å²) in [4.78, 5) is 0. The van der Waals surface area contributed by atoms with E-state index in [0.717, 1.165) is 37.2 Å². The third kappa shape index (κ3) is 5.29. The lowest BCUT2D eigenvalue weighted by Crippen LogP contribution is -2.14. The third-order valence-corrected chi connectivity index (χ3v) is 2.86. The van der Waals surface area contributed by atoms with Crippen LogP contribution in [0.5, 0.6) is 11.5 Å². The molecule has 108 valence electrons. The van der Waals surface area contributed by atoms with Crippen LogP contribution in [0.4, 0.5) is 0 Å². The first-order chi connectivity index (χ1) is 9.22. The zero-order chi connectivity index (χ0) is 14.1. The fourth-order valence-corrected chi connectivity index (χ4v) is 2.03. The van der Waals surface area contributed by atoms with Crippen LogP contribution in [-0.2, 0) is 6.54 Å². The average Bonchev–Trinajstić information content (AvgIpc) is 2.38. The zero-order valence-corrected chi connectivity index (χ0v) is 12.8. The predicted molar refractivity (Wildman–Crippen MR) is 80.4 cm³/mol. The molecule has 0 aliphatic carbocycles. The Balaban J connectivity index is 2.86. The van der Waals surface area contributed by atoms with Crippen molar-refractivity contribution in [2.75, 3.05) is 19.8 Å². The molecule has 1 aromatic rings. The van der Waals surface area contributed by atoms with Gasteiger partial charge in [-0.25, -0.2) is 0 Å². The maximum absolute atomic E-state index is 6.29. The molecule has 0 spiro atoms. The van der Waals surface area contributed by atoms with Crippen LogP contribution in [0.1, 0.15) is 39.2 Å². The molecule has 0 fully saturated rings. The van der Waals surface area contributed by atoms with E-state index in [0.29, 0.717) is 24.0 Å². The van der Waals surface area contributed by atoms with Crippen molar-refractivity contribution in [1.82, 2.24) is 5.32 Å². The predicted octanol–water partition coefficient (Wildman–Crippen LogP) is 4.03. The van der Waals surface area contributed by atoms with E-state index in [4.69, 9.17) is 21.1 Å². The second-order valence-corrected chi connectivity index (χ2v) is 4.77. The largest absolute Gasteiger partial charge is 0.490 e. The van der Waals surface area contributed by atoms with Gasteiger partial charge in [0, 0.05) is 6.54 Å². The first kappa shape index (κ1) is 16.1. The van der Waals surface area contributed by atoms with Crippen LogP contribution < -0.4 is 14.8 Å². The SMILES string of the molecule is CCCNCc1cc(Cl)c(OCCC)c(OCC)c1. The molecule has 0 bridgehead atoms. The Morgan fingerprint density at radius 2 is 1.89 bits per heavy atom. The van der Waals surface area contributed by atoms with E-state index in [1.54, 1.807) is 0 Å². The molecule has 0 radical (unpaired) electrons. The summed E-state index contributed by atoms with van der Waals surface area (Å²) in [5.41, 5.74) is 1.12. The lowest BCUT2D eigenvalue weighted by Gasteiger charge is -2.15. The highest BCUT2D eigenvalue weighted by Gasteiger charge is 2.12. The number of hydrogen-bond acceptors (Lipinski definition) is 3. The highest BCUT2D eigenvalue weighted by molar-refractivity contribution is 6.32. The number of hydrogen-bond donors (Lipinski definition) is 1. The Hall–Kier alpha value is -0.930. The van der Waals surface area contributed by atoms with E-state index in [1.165, 1.54) is 0 Å². The number of rotatable bonds is 9. The molecule has 0 aromatic heterocycles. The normalized spacial score (nSPS) is 10.5. The Kier molecular flexibility index (Phi) is 7.68. The summed E-state index contributed by atoms with van der Waals surface area (Å²) in [6.07, 6.45) is 2.06. The Bertz CT molecular complexity index is 383. The van der Waals surface area contributed by atoms with E-state index in [9.17, 15) is 0 Å². The van der Waals surface area contributed by atoms with Crippen molar-refractivity contribution in [2.45, 2.75) is 40.2 Å². The maximum atomic E-state index is 6.29. The molecule has 3 nitrogen and oxygen atoms in total. The van der Waals surface area contributed by atoms with Crippen molar-refractivity contribution >= 4 is 11.6 Å². The van der Waals surface area contributed by atoms with Crippen LogP contribution in [0.2, 0.25) is 5.02 Å². The number of nitrogens with one attached hydrogen (secondary N) is 1. The summed E-state index contributed by atoms with van der Waals surface area (Å²) < 4.78 is 11.3. The molecule has 0 saturated carbocycles. The van der Waals surface area contributed by atoms with Crippen LogP contribution >= 0.6 is 11.6 Å². The summed E-state index contributed by atoms with van der Waals surface area (Å²) in [6, 6.07) is 3.95. The number of halogens is 1. The molecule has 0 amide bonds. The minimum atomic E-state index is 0.602. The fourth-order valence-electron chi connectivity index (χ4n) is 1.74. The van der Waals surface area contributed by atoms with Crippen LogP contribution in [0.3, 0.4) is 0 Å². The molecule has 4 heteroatoms. The molecule has 0 aliphatic rings. The molecule has 0 saturated heterocycles. The number of ether oxygens (including phenoxy) is 2. The molecule has 1 rings (SSSR count). The molecule has 0 aliphatic heterocycles. The van der Waals surface area contributed by atoms with Crippen LogP contribution in [0.15, 0.2) is 12.1 Å². The molecule has 0 atom stereocenters. The monoisotopic (exact) mass is 285 g/mol. The van der Waals surface area contributed by atoms with E-state index >= 15 is 0 Å². The van der Waals surface area contributed by atoms with Crippen molar-refractivity contribution in [2.24, 2.45) is 0 Å². The second-order valence-electron chi connectivity index (χ2n) is 4.36. The first-order valence-corrected chi connectivity index (χ1v) is 7.39. The van der Waals surface area contributed by atoms with Gasteiger partial charge in [0.1, 0.15) is 0 Å². The highest BCUT2D eigenvalue weighted by atomic mass is 35.5. The van der Waals surface area contributed by atoms with Gasteiger partial charge in [-0.15, -0.1) is 0 Å². The van der Waals surface area contributed by atoms with E-state index in [2.05, 4.69) is 19.2 Å². The van der Waals surface area contributed by atoms with Gasteiger partial charge < -0.3 is 14.8 Å². The molecule has 0 heterocycles. The van der Waals surface area contributed by atoms with Gasteiger partial charge in [0.2, 0.25) is 0 Å². The minimum Gasteiger partial charge on any atom is -0.490 e. The second kappa shape index (κ2) is 9.05. The van der Waals surface area contributed by atoms with Crippen molar-refractivity contribution in [3.05, 3.63) is 22.7 Å². The van der Waals surface area contributed by atoms with Crippen molar-refractivity contribution in [3.63, 3.8) is 0 Å². The third-order valence-electron chi connectivity index (χ3n) is 2.58. The van der Waals surface area contributed by atoms with Crippen molar-refractivity contribution < 1.29 is 9.47 Å². The average molecular weight is 286 g/mol. The van der Waals surface area contributed by atoms with Gasteiger partial charge in [0.05, 0.1) is 18.2 Å². The summed E-state index contributed by atoms with van der Waals surface area (Å²) in [6.45, 7) is 9.21. The van der Waals surface area contributed by atoms with E-state index in [-0.39, 0.29) is 0 Å². The molecular weight excluding hydrogens is 262 g/mol. The van der Waals surface area contributed by atoms with Gasteiger partial charge in [0.15, 0.2) is 11.5 Å². The Morgan fingerprint density at radius 1 is 1.11 bits per heavy atom. The van der Waals surface area contributed by atoms with Gasteiger partial charge in [-0.2, -0.15) is 0 Å². The minimum absolute atomic E-state index is 0.602. The summed E-state index contributed by atoms with van der Waals surface area (Å²) >= 11 is 6.29. The van der Waals surface area contributed by atoms with Gasteiger partial charge >= 0.3 is 0 Å². The van der Waals surface area contributed by atoms with E-state index < -0.39 is 0 Å². The first-order valence-electron chi connectivity index (χ1n) is 7.01. The highest BCUT2D eigenvalue weighted by Crippen LogP contribution is 2.36. The van der Waals surface area contributed by atoms with Crippen LogP contribution in [0, 0.1) is 0 Å². The molecule has 19 heavy (non-hydrogen) atoms. The summed E-state index contributed by atoms with van der Waals surface area (Å²) in [5.74, 6) is 1.39. The maximum Gasteiger partial charge on any atom is 0.179 e. The number of benzene rings is 1.